The lowest BCUT2D eigenvalue weighted by molar-refractivity contribution is -0.122. The van der Waals surface area contributed by atoms with Crippen molar-refractivity contribution >= 4 is 21.8 Å². The number of nitrogens with one attached hydrogen (secondary N) is 2. The lowest BCUT2D eigenvalue weighted by atomic mass is 10.00. The summed E-state index contributed by atoms with van der Waals surface area (Å²) in [5.74, 6) is 0.191. The number of fused-ring (bicyclic) bond motifs is 1. The highest BCUT2D eigenvalue weighted by molar-refractivity contribution is 7.90. The smallest absolute Gasteiger partial charge is 0.263 e. The summed E-state index contributed by atoms with van der Waals surface area (Å²) in [5.41, 5.74) is 0.359. The summed E-state index contributed by atoms with van der Waals surface area (Å²) >= 11 is 0. The molecule has 2 heterocycles. The van der Waals surface area contributed by atoms with Crippen LogP contribution >= 0.6 is 0 Å². The summed E-state index contributed by atoms with van der Waals surface area (Å²) in [5, 5.41) is 2.98. The van der Waals surface area contributed by atoms with E-state index in [4.69, 9.17) is 4.74 Å². The Balaban J connectivity index is 1.51. The maximum atomic E-state index is 12.3. The number of amides is 1. The van der Waals surface area contributed by atoms with Gasteiger partial charge >= 0.3 is 0 Å². The Morgan fingerprint density at radius 1 is 1.28 bits per heavy atom. The minimum Gasteiger partial charge on any atom is -0.373 e. The number of hydrogen-bond donors (Lipinski definition) is 2. The van der Waals surface area contributed by atoms with Gasteiger partial charge in [-0.2, -0.15) is 0 Å². The molecule has 0 aromatic heterocycles. The van der Waals surface area contributed by atoms with E-state index in [-0.39, 0.29) is 41.5 Å². The van der Waals surface area contributed by atoms with E-state index in [1.54, 1.807) is 24.3 Å². The third-order valence-corrected chi connectivity index (χ3v) is 6.66. The number of carbonyl (C=O) groups is 1. The van der Waals surface area contributed by atoms with Gasteiger partial charge in [0.1, 0.15) is 5.84 Å². The third-order valence-electron chi connectivity index (χ3n) is 5.27. The fourth-order valence-electron chi connectivity index (χ4n) is 3.71. The number of benzene rings is 1. The fraction of sp³-hybridized carbons (Fsp3) is 0.600. The van der Waals surface area contributed by atoms with E-state index in [0.29, 0.717) is 17.9 Å². The fourth-order valence-corrected chi connectivity index (χ4v) is 4.96. The van der Waals surface area contributed by atoms with Crippen LogP contribution in [0.1, 0.15) is 39.7 Å². The molecule has 0 saturated carbocycles. The van der Waals surface area contributed by atoms with Crippen LogP contribution in [0.2, 0.25) is 0 Å². The average molecular weight is 423 g/mol. The van der Waals surface area contributed by atoms with Crippen molar-refractivity contribution in [3.05, 3.63) is 29.8 Å². The summed E-state index contributed by atoms with van der Waals surface area (Å²) in [6.45, 7) is 10.8. The Morgan fingerprint density at radius 3 is 2.62 bits per heavy atom. The van der Waals surface area contributed by atoms with E-state index < -0.39 is 10.0 Å². The SMILES string of the molecule is C[C@@H]1CN(C(C)(C)CNC(=O)CCN=C2NS(=O)(=O)c3ccccc32)C[C@H](C)O1. The van der Waals surface area contributed by atoms with Crippen LogP contribution in [0.15, 0.2) is 34.2 Å². The highest BCUT2D eigenvalue weighted by atomic mass is 32.2. The second-order valence-corrected chi connectivity index (χ2v) is 9.98. The Labute approximate surface area is 172 Å². The molecule has 1 fully saturated rings. The molecule has 2 atom stereocenters. The summed E-state index contributed by atoms with van der Waals surface area (Å²) in [6.07, 6.45) is 0.532. The van der Waals surface area contributed by atoms with Crippen LogP contribution in [0.3, 0.4) is 0 Å². The highest BCUT2D eigenvalue weighted by Gasteiger charge is 2.33. The summed E-state index contributed by atoms with van der Waals surface area (Å²) < 4.78 is 32.4. The number of hydrogen-bond acceptors (Lipinski definition) is 6. The van der Waals surface area contributed by atoms with Crippen molar-refractivity contribution in [2.75, 3.05) is 26.2 Å². The van der Waals surface area contributed by atoms with Crippen LogP contribution in [-0.2, 0) is 19.6 Å². The van der Waals surface area contributed by atoms with Gasteiger partial charge in [-0.05, 0) is 39.8 Å². The molecule has 0 spiro atoms. The van der Waals surface area contributed by atoms with Crippen LogP contribution in [0.25, 0.3) is 0 Å². The second kappa shape index (κ2) is 8.41. The van der Waals surface area contributed by atoms with E-state index in [9.17, 15) is 13.2 Å². The largest absolute Gasteiger partial charge is 0.373 e. The molecule has 0 unspecified atom stereocenters. The van der Waals surface area contributed by atoms with Crippen molar-refractivity contribution in [1.82, 2.24) is 14.9 Å². The quantitative estimate of drug-likeness (QED) is 0.716. The standard InChI is InChI=1S/C20H30N4O4S/c1-14-11-24(12-15(2)28-14)20(3,4)13-22-18(25)9-10-21-19-16-7-5-6-8-17(16)29(26,27)23-19/h5-8,14-15H,9-13H2,1-4H3,(H,21,23)(H,22,25)/t14-,15+. The van der Waals surface area contributed by atoms with E-state index >= 15 is 0 Å². The van der Waals surface area contributed by atoms with Gasteiger partial charge < -0.3 is 10.1 Å². The molecule has 2 N–H and O–H groups in total. The van der Waals surface area contributed by atoms with Gasteiger partial charge in [-0.3, -0.25) is 19.4 Å². The van der Waals surface area contributed by atoms with Crippen LogP contribution in [0.5, 0.6) is 0 Å². The minimum absolute atomic E-state index is 0.106. The maximum Gasteiger partial charge on any atom is 0.263 e. The molecule has 29 heavy (non-hydrogen) atoms. The van der Waals surface area contributed by atoms with Crippen LogP contribution < -0.4 is 10.0 Å². The molecular formula is C20H30N4O4S. The normalized spacial score (nSPS) is 25.4. The van der Waals surface area contributed by atoms with Crippen molar-refractivity contribution in [2.24, 2.45) is 4.99 Å². The van der Waals surface area contributed by atoms with E-state index in [1.165, 1.54) is 0 Å². The topological polar surface area (TPSA) is 100 Å². The molecule has 3 rings (SSSR count). The highest BCUT2D eigenvalue weighted by Crippen LogP contribution is 2.22. The van der Waals surface area contributed by atoms with Gasteiger partial charge in [0.2, 0.25) is 5.91 Å². The Morgan fingerprint density at radius 2 is 1.93 bits per heavy atom. The molecule has 160 valence electrons. The van der Waals surface area contributed by atoms with E-state index in [1.807, 2.05) is 0 Å². The monoisotopic (exact) mass is 422 g/mol. The first kappa shape index (κ1) is 21.7. The Kier molecular flexibility index (Phi) is 6.30. The number of amidine groups is 1. The van der Waals surface area contributed by atoms with Crippen molar-refractivity contribution in [3.8, 4) is 0 Å². The molecule has 0 radical (unpaired) electrons. The number of morpholine rings is 1. The van der Waals surface area contributed by atoms with Gasteiger partial charge in [-0.25, -0.2) is 8.42 Å². The first-order chi connectivity index (χ1) is 13.6. The van der Waals surface area contributed by atoms with E-state index in [2.05, 4.69) is 47.6 Å². The third kappa shape index (κ3) is 5.15. The van der Waals surface area contributed by atoms with Gasteiger partial charge in [0.15, 0.2) is 0 Å². The minimum atomic E-state index is -3.55. The molecule has 9 heteroatoms. The zero-order valence-electron chi connectivity index (χ0n) is 17.4. The van der Waals surface area contributed by atoms with Gasteiger partial charge in [0.25, 0.3) is 10.0 Å². The van der Waals surface area contributed by atoms with Gasteiger partial charge in [0, 0.05) is 37.2 Å². The maximum absolute atomic E-state index is 12.3. The summed E-state index contributed by atoms with van der Waals surface area (Å²) in [7, 11) is -3.55. The molecule has 0 aliphatic carbocycles. The zero-order chi connectivity index (χ0) is 21.2. The first-order valence-electron chi connectivity index (χ1n) is 9.92. The number of ether oxygens (including phenoxy) is 1. The predicted molar refractivity (Wildman–Crippen MR) is 111 cm³/mol. The predicted octanol–water partition coefficient (Wildman–Crippen LogP) is 1.12. The van der Waals surface area contributed by atoms with Crippen molar-refractivity contribution in [1.29, 1.82) is 0 Å². The molecule has 0 bridgehead atoms. The van der Waals surface area contributed by atoms with Crippen molar-refractivity contribution < 1.29 is 17.9 Å². The molecule has 8 nitrogen and oxygen atoms in total. The number of nitrogens with zero attached hydrogens (tertiary/aromatic N) is 2. The number of sulfonamides is 1. The Bertz CT molecular complexity index is 887. The number of aliphatic imine (C=N–C) groups is 1. The molecular weight excluding hydrogens is 392 g/mol. The molecule has 1 aromatic rings. The molecule has 2 aliphatic rings. The number of carbonyl (C=O) groups excluding carboxylic acids is 1. The average Bonchev–Trinajstić information content (AvgIpc) is 2.90. The lowest BCUT2D eigenvalue weighted by Crippen LogP contribution is -2.58. The lowest BCUT2D eigenvalue weighted by Gasteiger charge is -2.45. The number of rotatable bonds is 6. The van der Waals surface area contributed by atoms with E-state index in [0.717, 1.165) is 13.1 Å². The van der Waals surface area contributed by atoms with Crippen molar-refractivity contribution in [2.45, 2.75) is 56.8 Å². The first-order valence-corrected chi connectivity index (χ1v) is 11.4. The van der Waals surface area contributed by atoms with Gasteiger partial charge in [-0.15, -0.1) is 0 Å². The van der Waals surface area contributed by atoms with Crippen LogP contribution in [0.4, 0.5) is 0 Å². The summed E-state index contributed by atoms with van der Waals surface area (Å²) in [6, 6.07) is 6.69. The van der Waals surface area contributed by atoms with Crippen LogP contribution in [0, 0.1) is 0 Å². The van der Waals surface area contributed by atoms with Gasteiger partial charge in [-0.1, -0.05) is 12.1 Å². The molecule has 1 aromatic carbocycles. The van der Waals surface area contributed by atoms with Crippen LogP contribution in [-0.4, -0.2) is 69.0 Å². The van der Waals surface area contributed by atoms with Gasteiger partial charge in [0.05, 0.1) is 23.6 Å². The van der Waals surface area contributed by atoms with Crippen molar-refractivity contribution in [3.63, 3.8) is 0 Å². The second-order valence-electron chi connectivity index (χ2n) is 8.33. The zero-order valence-corrected chi connectivity index (χ0v) is 18.3. The molecule has 1 saturated heterocycles. The molecule has 1 amide bonds. The summed E-state index contributed by atoms with van der Waals surface area (Å²) in [4.78, 5) is 19.1. The molecule has 2 aliphatic heterocycles. The Hall–Kier alpha value is -1.97.